The summed E-state index contributed by atoms with van der Waals surface area (Å²) < 4.78 is 35.7. The normalized spacial score (nSPS) is 20.6. The van der Waals surface area contributed by atoms with E-state index in [1.165, 1.54) is 11.6 Å². The SMILES string of the molecule is CC[N+](CC)(CC(=O)OCC(C(=O)OC1CC2CCC1[N+]2(C)C(C)C)c1ccccc1)Cc1cc(C(O)CNCCCCCCOCCCCc2ccccc2)ccc1OP(=O)([O-])[O-]. The first-order valence-corrected chi connectivity index (χ1v) is 25.1. The van der Waals surface area contributed by atoms with E-state index in [2.05, 4.69) is 50.5 Å². The van der Waals surface area contributed by atoms with Gasteiger partial charge in [0.15, 0.2) is 12.6 Å². The summed E-state index contributed by atoms with van der Waals surface area (Å²) in [4.78, 5) is 51.3. The largest absolute Gasteiger partial charge is 0.780 e. The van der Waals surface area contributed by atoms with Crippen LogP contribution in [0.5, 0.6) is 5.75 Å². The molecule has 3 aromatic rings. The number of unbranched alkanes of at least 4 members (excludes halogenated alkanes) is 4. The predicted molar refractivity (Wildman–Crippen MR) is 244 cm³/mol. The van der Waals surface area contributed by atoms with E-state index < -0.39 is 31.8 Å². The maximum Gasteiger partial charge on any atom is 0.361 e. The fraction of sp³-hybridized carbons (Fsp3) is 0.600. The highest BCUT2D eigenvalue weighted by molar-refractivity contribution is 7.43. The molecule has 13 nitrogen and oxygen atoms in total. The molecule has 2 N–H and O–H groups in total. The van der Waals surface area contributed by atoms with Gasteiger partial charge in [-0.05, 0) is 95.2 Å². The number of aliphatic hydroxyl groups is 1. The summed E-state index contributed by atoms with van der Waals surface area (Å²) in [6.07, 6.45) is 9.13. The summed E-state index contributed by atoms with van der Waals surface area (Å²) in [5.41, 5.74) is 2.94. The lowest BCUT2D eigenvalue weighted by molar-refractivity contribution is -0.951. The van der Waals surface area contributed by atoms with Crippen molar-refractivity contribution >= 4 is 19.8 Å². The summed E-state index contributed by atoms with van der Waals surface area (Å²) in [6.45, 7) is 11.5. The first-order chi connectivity index (χ1) is 30.7. The summed E-state index contributed by atoms with van der Waals surface area (Å²) >= 11 is 0. The molecule has 64 heavy (non-hydrogen) atoms. The number of hydrogen-bond acceptors (Lipinski definition) is 11. The first-order valence-electron chi connectivity index (χ1n) is 23.6. The number of likely N-dealkylation sites (N-methyl/N-ethyl adjacent to an activating group) is 2. The standard InChI is InChI=1S/C50H74N3O10P/c1-6-53(7-2,36-49(55)61-37-44(40-23-14-11-15-24-40)50(56)62-48-33-43-26-27-45(48)52(43,5)38(3)4)35-42-32-41(25-28-47(42)63-64(57,58)59)46(54)34-51-29-17-8-9-18-30-60-31-19-16-22-39-20-12-10-13-21-39/h10-15,20-21,23-25,28,32,38,43-46,48,51,54H,6-9,16-19,22,26-27,29-31,33-37H2,1-5H3. The van der Waals surface area contributed by atoms with Crippen molar-refractivity contribution in [1.82, 2.24) is 5.32 Å². The minimum absolute atomic E-state index is 0.0960. The second-order valence-corrected chi connectivity index (χ2v) is 19.4. The number of phosphoric acid groups is 1. The first kappa shape index (κ1) is 51.3. The molecule has 0 spiro atoms. The van der Waals surface area contributed by atoms with Crippen LogP contribution >= 0.6 is 7.82 Å². The van der Waals surface area contributed by atoms with Crippen molar-refractivity contribution in [2.24, 2.45) is 0 Å². The number of ether oxygens (including phenoxy) is 3. The van der Waals surface area contributed by atoms with E-state index in [4.69, 9.17) is 18.7 Å². The third-order valence-corrected chi connectivity index (χ3v) is 14.5. The molecule has 2 aliphatic heterocycles. The number of benzene rings is 3. The fourth-order valence-corrected chi connectivity index (χ4v) is 10.2. The molecule has 2 aliphatic rings. The van der Waals surface area contributed by atoms with Crippen molar-refractivity contribution < 1.29 is 56.7 Å². The van der Waals surface area contributed by atoms with E-state index in [9.17, 15) is 29.0 Å². The van der Waals surface area contributed by atoms with Crippen LogP contribution in [0.25, 0.3) is 0 Å². The minimum atomic E-state index is -5.43. The molecule has 2 heterocycles. The summed E-state index contributed by atoms with van der Waals surface area (Å²) in [5.74, 6) is -1.91. The number of aliphatic hydroxyl groups excluding tert-OH is 1. The Hall–Kier alpha value is -3.65. The molecule has 2 bridgehead atoms. The molecular weight excluding hydrogens is 834 g/mol. The van der Waals surface area contributed by atoms with Crippen molar-refractivity contribution in [3.63, 3.8) is 0 Å². The smallest absolute Gasteiger partial charge is 0.361 e. The number of phosphoric ester groups is 1. The van der Waals surface area contributed by atoms with Gasteiger partial charge in [-0.25, -0.2) is 4.79 Å². The molecule has 0 radical (unpaired) electrons. The molecule has 3 aromatic carbocycles. The molecule has 354 valence electrons. The molecule has 0 amide bonds. The minimum Gasteiger partial charge on any atom is -0.780 e. The van der Waals surface area contributed by atoms with Gasteiger partial charge >= 0.3 is 11.9 Å². The number of carbonyl (C=O) groups is 2. The van der Waals surface area contributed by atoms with Gasteiger partial charge in [-0.2, -0.15) is 0 Å². The molecule has 0 aliphatic carbocycles. The molecular formula is C50H74N3O10P. The average molecular weight is 908 g/mol. The number of hydrogen-bond donors (Lipinski definition) is 2. The van der Waals surface area contributed by atoms with Crippen LogP contribution in [0.3, 0.4) is 0 Å². The van der Waals surface area contributed by atoms with E-state index in [0.29, 0.717) is 41.9 Å². The maximum atomic E-state index is 13.9. The third-order valence-electron chi connectivity index (χ3n) is 14.1. The van der Waals surface area contributed by atoms with Gasteiger partial charge in [-0.3, -0.25) is 4.79 Å². The lowest BCUT2D eigenvalue weighted by atomic mass is 9.96. The molecule has 2 saturated heterocycles. The van der Waals surface area contributed by atoms with Crippen LogP contribution < -0.4 is 19.6 Å². The van der Waals surface area contributed by atoms with Crippen LogP contribution in [0.2, 0.25) is 0 Å². The number of rotatable bonds is 29. The lowest BCUT2D eigenvalue weighted by Gasteiger charge is -2.39. The number of carbonyl (C=O) groups excluding carboxylic acids is 2. The molecule has 0 saturated carbocycles. The highest BCUT2D eigenvalue weighted by atomic mass is 31.2. The monoisotopic (exact) mass is 908 g/mol. The van der Waals surface area contributed by atoms with Crippen LogP contribution in [-0.4, -0.2) is 110 Å². The maximum absolute atomic E-state index is 13.9. The van der Waals surface area contributed by atoms with Crippen LogP contribution in [0, 0.1) is 0 Å². The summed E-state index contributed by atoms with van der Waals surface area (Å²) in [7, 11) is -3.16. The number of quaternary nitrogens is 2. The van der Waals surface area contributed by atoms with E-state index in [0.717, 1.165) is 88.4 Å². The van der Waals surface area contributed by atoms with E-state index in [1.54, 1.807) is 12.1 Å². The zero-order valence-corrected chi connectivity index (χ0v) is 39.8. The van der Waals surface area contributed by atoms with Crippen LogP contribution in [0.15, 0.2) is 78.9 Å². The van der Waals surface area contributed by atoms with E-state index in [-0.39, 0.29) is 48.6 Å². The highest BCUT2D eigenvalue weighted by Gasteiger charge is 2.60. The number of aryl methyl sites for hydroxylation is 1. The van der Waals surface area contributed by atoms with E-state index in [1.807, 2.05) is 50.2 Å². The quantitative estimate of drug-likeness (QED) is 0.0338. The van der Waals surface area contributed by atoms with Crippen molar-refractivity contribution in [2.75, 3.05) is 59.6 Å². The number of fused-ring (bicyclic) bond motifs is 2. The van der Waals surface area contributed by atoms with Crippen LogP contribution in [0.4, 0.5) is 0 Å². The van der Waals surface area contributed by atoms with Gasteiger partial charge in [0.25, 0.3) is 0 Å². The molecule has 2 fully saturated rings. The highest BCUT2D eigenvalue weighted by Crippen LogP contribution is 2.47. The Morgan fingerprint density at radius 1 is 0.891 bits per heavy atom. The van der Waals surface area contributed by atoms with Crippen molar-refractivity contribution in [2.45, 2.75) is 135 Å². The van der Waals surface area contributed by atoms with Crippen LogP contribution in [0.1, 0.15) is 120 Å². The molecule has 14 heteroatoms. The zero-order chi connectivity index (χ0) is 46.2. The van der Waals surface area contributed by atoms with Gasteiger partial charge in [0.2, 0.25) is 0 Å². The van der Waals surface area contributed by atoms with Gasteiger partial charge < -0.3 is 52.5 Å². The van der Waals surface area contributed by atoms with Gasteiger partial charge in [-0.1, -0.05) is 79.6 Å². The molecule has 5 rings (SSSR count). The Morgan fingerprint density at radius 3 is 2.22 bits per heavy atom. The van der Waals surface area contributed by atoms with Gasteiger partial charge in [-0.15, -0.1) is 0 Å². The van der Waals surface area contributed by atoms with Crippen molar-refractivity contribution in [3.8, 4) is 5.75 Å². The third kappa shape index (κ3) is 14.7. The van der Waals surface area contributed by atoms with Gasteiger partial charge in [0, 0.05) is 44.6 Å². The summed E-state index contributed by atoms with van der Waals surface area (Å²) in [6, 6.07) is 25.4. The number of nitrogens with zero attached hydrogens (tertiary/aromatic N) is 2. The second-order valence-electron chi connectivity index (χ2n) is 18.4. The predicted octanol–water partition coefficient (Wildman–Crippen LogP) is 6.50. The topological polar surface area (TPSA) is 167 Å². The van der Waals surface area contributed by atoms with Gasteiger partial charge in [0.1, 0.15) is 38.7 Å². The Balaban J connectivity index is 1.12. The molecule has 0 aromatic heterocycles. The number of esters is 2. The molecule has 6 atom stereocenters. The number of nitrogens with one attached hydrogen (secondary N) is 1. The molecule has 6 unspecified atom stereocenters. The van der Waals surface area contributed by atoms with Crippen molar-refractivity contribution in [3.05, 3.63) is 101 Å². The summed E-state index contributed by atoms with van der Waals surface area (Å²) in [5, 5.41) is 14.5. The van der Waals surface area contributed by atoms with Crippen molar-refractivity contribution in [1.29, 1.82) is 0 Å². The second kappa shape index (κ2) is 24.8. The zero-order valence-electron chi connectivity index (χ0n) is 38.9. The Bertz CT molecular complexity index is 1930. The Morgan fingerprint density at radius 2 is 1.56 bits per heavy atom. The average Bonchev–Trinajstić information content (AvgIpc) is 3.75. The Kier molecular flexibility index (Phi) is 19.9. The lowest BCUT2D eigenvalue weighted by Crippen LogP contribution is -2.55. The van der Waals surface area contributed by atoms with Gasteiger partial charge in [0.05, 0.1) is 38.3 Å². The van der Waals surface area contributed by atoms with E-state index >= 15 is 0 Å². The Labute approximate surface area is 381 Å². The fourth-order valence-electron chi connectivity index (χ4n) is 9.82. The van der Waals surface area contributed by atoms with Crippen LogP contribution in [-0.2, 0) is 41.3 Å².